The van der Waals surface area contributed by atoms with Crippen LogP contribution in [0.5, 0.6) is 0 Å². The SMILES string of the molecule is C[C@@H]1C[C@@H](Nc2ncc(F)cn2)CS1. The van der Waals surface area contributed by atoms with Crippen molar-refractivity contribution in [1.29, 1.82) is 0 Å². The van der Waals surface area contributed by atoms with Crippen molar-refractivity contribution >= 4 is 17.7 Å². The molecule has 1 aliphatic heterocycles. The summed E-state index contributed by atoms with van der Waals surface area (Å²) in [4.78, 5) is 7.72. The highest BCUT2D eigenvalue weighted by atomic mass is 32.2. The lowest BCUT2D eigenvalue weighted by molar-refractivity contribution is 0.613. The summed E-state index contributed by atoms with van der Waals surface area (Å²) in [6.07, 6.45) is 3.48. The maximum Gasteiger partial charge on any atom is 0.223 e. The van der Waals surface area contributed by atoms with Crippen molar-refractivity contribution in [1.82, 2.24) is 9.97 Å². The van der Waals surface area contributed by atoms with E-state index < -0.39 is 5.82 Å². The standard InChI is InChI=1S/C9H12FN3S/c1-6-2-8(5-14-6)13-9-11-3-7(10)4-12-9/h3-4,6,8H,2,5H2,1H3,(H,11,12,13)/t6-,8-/m1/s1. The predicted octanol–water partition coefficient (Wildman–Crippen LogP) is 1.92. The molecule has 1 N–H and O–H groups in total. The van der Waals surface area contributed by atoms with Gasteiger partial charge >= 0.3 is 0 Å². The second kappa shape index (κ2) is 4.13. The zero-order valence-corrected chi connectivity index (χ0v) is 8.72. The molecule has 0 saturated carbocycles. The van der Waals surface area contributed by atoms with Crippen molar-refractivity contribution in [2.45, 2.75) is 24.6 Å². The molecule has 1 aromatic heterocycles. The Kier molecular flexibility index (Phi) is 2.86. The van der Waals surface area contributed by atoms with Gasteiger partial charge in [0.15, 0.2) is 5.82 Å². The second-order valence-corrected chi connectivity index (χ2v) is 4.92. The molecule has 1 aliphatic rings. The fourth-order valence-corrected chi connectivity index (χ4v) is 2.64. The highest BCUT2D eigenvalue weighted by Gasteiger charge is 2.21. The Labute approximate surface area is 86.5 Å². The first-order valence-corrected chi connectivity index (χ1v) is 5.64. The van der Waals surface area contributed by atoms with Gasteiger partial charge < -0.3 is 5.32 Å². The van der Waals surface area contributed by atoms with Gasteiger partial charge in [0.25, 0.3) is 0 Å². The third kappa shape index (κ3) is 2.35. The lowest BCUT2D eigenvalue weighted by atomic mass is 10.2. The first-order valence-electron chi connectivity index (χ1n) is 4.60. The maximum absolute atomic E-state index is 12.5. The number of nitrogens with zero attached hydrogens (tertiary/aromatic N) is 2. The van der Waals surface area contributed by atoms with Gasteiger partial charge in [0.1, 0.15) is 0 Å². The highest BCUT2D eigenvalue weighted by Crippen LogP contribution is 2.27. The van der Waals surface area contributed by atoms with E-state index in [-0.39, 0.29) is 0 Å². The molecule has 0 amide bonds. The summed E-state index contributed by atoms with van der Waals surface area (Å²) in [6.45, 7) is 2.21. The zero-order chi connectivity index (χ0) is 9.97. The van der Waals surface area contributed by atoms with Crippen LogP contribution in [0.15, 0.2) is 12.4 Å². The molecule has 1 fully saturated rings. The van der Waals surface area contributed by atoms with Crippen molar-refractivity contribution in [2.75, 3.05) is 11.1 Å². The summed E-state index contributed by atoms with van der Waals surface area (Å²) in [5, 5.41) is 3.88. The number of nitrogens with one attached hydrogen (secondary N) is 1. The van der Waals surface area contributed by atoms with Gasteiger partial charge in [0.05, 0.1) is 12.4 Å². The summed E-state index contributed by atoms with van der Waals surface area (Å²) in [6, 6.07) is 0.417. The monoisotopic (exact) mass is 213 g/mol. The normalized spacial score (nSPS) is 26.4. The Hall–Kier alpha value is -0.840. The third-order valence-electron chi connectivity index (χ3n) is 2.15. The second-order valence-electron chi connectivity index (χ2n) is 3.45. The summed E-state index contributed by atoms with van der Waals surface area (Å²) in [5.41, 5.74) is 0. The van der Waals surface area contributed by atoms with Gasteiger partial charge in [-0.15, -0.1) is 0 Å². The van der Waals surface area contributed by atoms with Crippen LogP contribution in [-0.4, -0.2) is 27.0 Å². The fourth-order valence-electron chi connectivity index (χ4n) is 1.49. The third-order valence-corrected chi connectivity index (χ3v) is 3.51. The number of anilines is 1. The van der Waals surface area contributed by atoms with Crippen LogP contribution in [0, 0.1) is 5.82 Å². The first-order chi connectivity index (χ1) is 6.74. The summed E-state index contributed by atoms with van der Waals surface area (Å²) in [5.74, 6) is 1.19. The van der Waals surface area contributed by atoms with E-state index in [9.17, 15) is 4.39 Å². The van der Waals surface area contributed by atoms with E-state index in [0.29, 0.717) is 17.2 Å². The minimum Gasteiger partial charge on any atom is -0.351 e. The van der Waals surface area contributed by atoms with Crippen molar-refractivity contribution in [3.63, 3.8) is 0 Å². The lowest BCUT2D eigenvalue weighted by Crippen LogP contribution is -2.20. The van der Waals surface area contributed by atoms with Crippen LogP contribution < -0.4 is 5.32 Å². The van der Waals surface area contributed by atoms with Gasteiger partial charge in [0, 0.05) is 17.0 Å². The molecule has 2 rings (SSSR count). The van der Waals surface area contributed by atoms with E-state index >= 15 is 0 Å². The van der Waals surface area contributed by atoms with Gasteiger partial charge in [-0.25, -0.2) is 14.4 Å². The molecule has 1 saturated heterocycles. The number of hydrogen-bond donors (Lipinski definition) is 1. The minimum atomic E-state index is -0.398. The molecule has 14 heavy (non-hydrogen) atoms. The molecule has 0 aromatic carbocycles. The quantitative estimate of drug-likeness (QED) is 0.814. The Bertz CT molecular complexity index is 303. The number of hydrogen-bond acceptors (Lipinski definition) is 4. The largest absolute Gasteiger partial charge is 0.351 e. The van der Waals surface area contributed by atoms with Gasteiger partial charge in [-0.1, -0.05) is 6.92 Å². The van der Waals surface area contributed by atoms with E-state index in [2.05, 4.69) is 22.2 Å². The average Bonchev–Trinajstić information content (AvgIpc) is 2.56. The van der Waals surface area contributed by atoms with Crippen molar-refractivity contribution < 1.29 is 4.39 Å². The molecule has 3 nitrogen and oxygen atoms in total. The summed E-state index contributed by atoms with van der Waals surface area (Å²) < 4.78 is 12.5. The van der Waals surface area contributed by atoms with E-state index in [4.69, 9.17) is 0 Å². The molecule has 0 unspecified atom stereocenters. The number of rotatable bonds is 2. The number of aromatic nitrogens is 2. The lowest BCUT2D eigenvalue weighted by Gasteiger charge is -2.10. The van der Waals surface area contributed by atoms with Gasteiger partial charge in [-0.05, 0) is 6.42 Å². The minimum absolute atomic E-state index is 0.398. The van der Waals surface area contributed by atoms with Gasteiger partial charge in [0.2, 0.25) is 5.95 Å². The van der Waals surface area contributed by atoms with E-state index in [0.717, 1.165) is 12.2 Å². The molecular weight excluding hydrogens is 201 g/mol. The molecule has 0 aliphatic carbocycles. The van der Waals surface area contributed by atoms with E-state index in [1.165, 1.54) is 12.4 Å². The zero-order valence-electron chi connectivity index (χ0n) is 7.90. The Morgan fingerprint density at radius 1 is 1.50 bits per heavy atom. The summed E-state index contributed by atoms with van der Waals surface area (Å²) >= 11 is 1.94. The molecule has 5 heteroatoms. The van der Waals surface area contributed by atoms with Crippen LogP contribution in [0.25, 0.3) is 0 Å². The van der Waals surface area contributed by atoms with Crippen molar-refractivity contribution in [3.05, 3.63) is 18.2 Å². The van der Waals surface area contributed by atoms with E-state index in [1.807, 2.05) is 11.8 Å². The Morgan fingerprint density at radius 2 is 2.21 bits per heavy atom. The number of halogens is 1. The van der Waals surface area contributed by atoms with Gasteiger partial charge in [-0.3, -0.25) is 0 Å². The first kappa shape index (κ1) is 9.71. The fraction of sp³-hybridized carbons (Fsp3) is 0.556. The van der Waals surface area contributed by atoms with Crippen molar-refractivity contribution in [3.8, 4) is 0 Å². The van der Waals surface area contributed by atoms with Crippen LogP contribution in [0.4, 0.5) is 10.3 Å². The smallest absolute Gasteiger partial charge is 0.223 e. The summed E-state index contributed by atoms with van der Waals surface area (Å²) in [7, 11) is 0. The molecule has 0 radical (unpaired) electrons. The molecule has 2 heterocycles. The van der Waals surface area contributed by atoms with Crippen LogP contribution in [-0.2, 0) is 0 Å². The molecular formula is C9H12FN3S. The van der Waals surface area contributed by atoms with Crippen LogP contribution in [0.1, 0.15) is 13.3 Å². The van der Waals surface area contributed by atoms with Crippen molar-refractivity contribution in [2.24, 2.45) is 0 Å². The molecule has 0 spiro atoms. The van der Waals surface area contributed by atoms with Crippen LogP contribution >= 0.6 is 11.8 Å². The average molecular weight is 213 g/mol. The molecule has 76 valence electrons. The molecule has 2 atom stereocenters. The maximum atomic E-state index is 12.5. The number of thioether (sulfide) groups is 1. The predicted molar refractivity (Wildman–Crippen MR) is 55.9 cm³/mol. The Morgan fingerprint density at radius 3 is 2.79 bits per heavy atom. The van der Waals surface area contributed by atoms with Gasteiger partial charge in [-0.2, -0.15) is 11.8 Å². The molecule has 1 aromatic rings. The van der Waals surface area contributed by atoms with Crippen LogP contribution in [0.2, 0.25) is 0 Å². The Balaban J connectivity index is 1.94. The van der Waals surface area contributed by atoms with E-state index in [1.54, 1.807) is 0 Å². The van der Waals surface area contributed by atoms with Crippen LogP contribution in [0.3, 0.4) is 0 Å². The topological polar surface area (TPSA) is 37.8 Å². The highest BCUT2D eigenvalue weighted by molar-refractivity contribution is 8.00. The molecule has 0 bridgehead atoms.